The van der Waals surface area contributed by atoms with Gasteiger partial charge in [0.1, 0.15) is 5.82 Å². The molecule has 0 aliphatic carbocycles. The van der Waals surface area contributed by atoms with Gasteiger partial charge in [0.05, 0.1) is 5.92 Å². The van der Waals surface area contributed by atoms with E-state index in [1.54, 1.807) is 29.2 Å². The van der Waals surface area contributed by atoms with Gasteiger partial charge < -0.3 is 9.64 Å². The summed E-state index contributed by atoms with van der Waals surface area (Å²) in [5.74, 6) is -1.74. The van der Waals surface area contributed by atoms with Crippen LogP contribution in [0.5, 0.6) is 0 Å². The van der Waals surface area contributed by atoms with E-state index in [9.17, 15) is 18.8 Å². The number of nitrogens with zero attached hydrogens (tertiary/aromatic N) is 1. The highest BCUT2D eigenvalue weighted by Gasteiger charge is 2.31. The number of halogens is 2. The standard InChI is InChI=1S/C22H21ClFNO4/c1-14(20(26)15-4-8-19(24)9-5-15)29-22(28)17-10-12-25(13-11-17)21(27)16-2-6-18(23)7-3-16/h2-9,14,17H,10-13H2,1H3/t14-/m0/s1. The lowest BCUT2D eigenvalue weighted by molar-refractivity contribution is -0.152. The summed E-state index contributed by atoms with van der Waals surface area (Å²) < 4.78 is 18.3. The quantitative estimate of drug-likeness (QED) is 0.541. The number of esters is 1. The van der Waals surface area contributed by atoms with E-state index in [1.807, 2.05) is 0 Å². The van der Waals surface area contributed by atoms with Crippen molar-refractivity contribution in [3.8, 4) is 0 Å². The lowest BCUT2D eigenvalue weighted by atomic mass is 9.96. The first-order valence-corrected chi connectivity index (χ1v) is 9.78. The third kappa shape index (κ3) is 5.21. The summed E-state index contributed by atoms with van der Waals surface area (Å²) in [5.41, 5.74) is 0.837. The van der Waals surface area contributed by atoms with E-state index in [2.05, 4.69) is 0 Å². The number of carbonyl (C=O) groups excluding carboxylic acids is 3. The Labute approximate surface area is 173 Å². The number of ketones is 1. The fraction of sp³-hybridized carbons (Fsp3) is 0.318. The average molecular weight is 418 g/mol. The molecule has 0 saturated carbocycles. The zero-order chi connectivity index (χ0) is 21.0. The van der Waals surface area contributed by atoms with Crippen molar-refractivity contribution in [2.75, 3.05) is 13.1 Å². The molecule has 2 aromatic rings. The Hall–Kier alpha value is -2.73. The maximum absolute atomic E-state index is 13.0. The van der Waals surface area contributed by atoms with Gasteiger partial charge in [-0.05, 0) is 68.3 Å². The molecule has 0 spiro atoms. The zero-order valence-electron chi connectivity index (χ0n) is 15.9. The molecule has 1 amide bonds. The normalized spacial score (nSPS) is 15.6. The highest BCUT2D eigenvalue weighted by molar-refractivity contribution is 6.30. The number of benzene rings is 2. The highest BCUT2D eigenvalue weighted by atomic mass is 35.5. The summed E-state index contributed by atoms with van der Waals surface area (Å²) >= 11 is 5.85. The van der Waals surface area contributed by atoms with Gasteiger partial charge in [-0.25, -0.2) is 4.39 Å². The molecule has 3 rings (SSSR count). The van der Waals surface area contributed by atoms with Crippen molar-refractivity contribution in [2.24, 2.45) is 5.92 Å². The maximum Gasteiger partial charge on any atom is 0.309 e. The maximum atomic E-state index is 13.0. The monoisotopic (exact) mass is 417 g/mol. The Bertz CT molecular complexity index is 890. The molecule has 152 valence electrons. The molecule has 1 fully saturated rings. The predicted molar refractivity (Wildman–Crippen MR) is 106 cm³/mol. The number of piperidine rings is 1. The lowest BCUT2D eigenvalue weighted by Gasteiger charge is -2.31. The van der Waals surface area contributed by atoms with Crippen LogP contribution in [0.25, 0.3) is 0 Å². The summed E-state index contributed by atoms with van der Waals surface area (Å²) in [6.45, 7) is 2.37. The summed E-state index contributed by atoms with van der Waals surface area (Å²) in [4.78, 5) is 39.0. The van der Waals surface area contributed by atoms with Crippen LogP contribution in [0.4, 0.5) is 4.39 Å². The molecule has 1 aliphatic rings. The van der Waals surface area contributed by atoms with Gasteiger partial charge in [0.2, 0.25) is 5.78 Å². The van der Waals surface area contributed by atoms with Crippen molar-refractivity contribution >= 4 is 29.3 Å². The SMILES string of the molecule is C[C@H](OC(=O)C1CCN(C(=O)c2ccc(Cl)cc2)CC1)C(=O)c1ccc(F)cc1. The van der Waals surface area contributed by atoms with Gasteiger partial charge in [-0.15, -0.1) is 0 Å². The smallest absolute Gasteiger partial charge is 0.309 e. The zero-order valence-corrected chi connectivity index (χ0v) is 16.7. The Balaban J connectivity index is 1.51. The average Bonchev–Trinajstić information content (AvgIpc) is 2.74. The number of likely N-dealkylation sites (tertiary alicyclic amines) is 1. The molecule has 1 aliphatic heterocycles. The molecule has 29 heavy (non-hydrogen) atoms. The second kappa shape index (κ2) is 9.18. The number of hydrogen-bond donors (Lipinski definition) is 0. The summed E-state index contributed by atoms with van der Waals surface area (Å²) in [6.07, 6.45) is -0.0210. The summed E-state index contributed by atoms with van der Waals surface area (Å²) in [6, 6.07) is 11.8. The number of rotatable bonds is 5. The van der Waals surface area contributed by atoms with Gasteiger partial charge in [0.15, 0.2) is 6.10 Å². The Morgan fingerprint density at radius 2 is 1.55 bits per heavy atom. The molecular weight excluding hydrogens is 397 g/mol. The third-order valence-electron chi connectivity index (χ3n) is 5.00. The second-order valence-electron chi connectivity index (χ2n) is 7.02. The van der Waals surface area contributed by atoms with E-state index >= 15 is 0 Å². The minimum absolute atomic E-state index is 0.103. The van der Waals surface area contributed by atoms with Gasteiger partial charge >= 0.3 is 5.97 Å². The van der Waals surface area contributed by atoms with Crippen LogP contribution in [0.3, 0.4) is 0 Å². The van der Waals surface area contributed by atoms with Crippen LogP contribution in [0, 0.1) is 11.7 Å². The molecule has 5 nitrogen and oxygen atoms in total. The molecule has 7 heteroatoms. The van der Waals surface area contributed by atoms with E-state index in [0.717, 1.165) is 0 Å². The first-order chi connectivity index (χ1) is 13.8. The molecule has 1 atom stereocenters. The van der Waals surface area contributed by atoms with Crippen LogP contribution in [0.1, 0.15) is 40.5 Å². The molecule has 0 bridgehead atoms. The van der Waals surface area contributed by atoms with Crippen LogP contribution < -0.4 is 0 Å². The van der Waals surface area contributed by atoms with Crippen LogP contribution in [-0.4, -0.2) is 41.8 Å². The minimum atomic E-state index is -0.957. The number of hydrogen-bond acceptors (Lipinski definition) is 4. The van der Waals surface area contributed by atoms with Crippen LogP contribution in [-0.2, 0) is 9.53 Å². The molecule has 1 saturated heterocycles. The minimum Gasteiger partial charge on any atom is -0.454 e. The number of Topliss-reactive ketones (excluding diaryl/α,β-unsaturated/α-hetero) is 1. The van der Waals surface area contributed by atoms with Gasteiger partial charge in [-0.3, -0.25) is 14.4 Å². The molecule has 2 aromatic carbocycles. The third-order valence-corrected chi connectivity index (χ3v) is 5.25. The van der Waals surface area contributed by atoms with E-state index in [0.29, 0.717) is 36.5 Å². The second-order valence-corrected chi connectivity index (χ2v) is 7.46. The number of ether oxygens (including phenoxy) is 1. The molecule has 0 N–H and O–H groups in total. The van der Waals surface area contributed by atoms with Crippen LogP contribution in [0.2, 0.25) is 5.02 Å². The molecule has 0 aromatic heterocycles. The van der Waals surface area contributed by atoms with Crippen molar-refractivity contribution in [2.45, 2.75) is 25.9 Å². The fourth-order valence-electron chi connectivity index (χ4n) is 3.27. The highest BCUT2D eigenvalue weighted by Crippen LogP contribution is 2.22. The first kappa shape index (κ1) is 21.0. The van der Waals surface area contributed by atoms with E-state index in [4.69, 9.17) is 16.3 Å². The molecular formula is C22H21ClFNO4. The van der Waals surface area contributed by atoms with E-state index in [1.165, 1.54) is 31.2 Å². The van der Waals surface area contributed by atoms with Gasteiger partial charge in [-0.1, -0.05) is 11.6 Å². The lowest BCUT2D eigenvalue weighted by Crippen LogP contribution is -2.41. The van der Waals surface area contributed by atoms with Gasteiger partial charge in [0, 0.05) is 29.2 Å². The Morgan fingerprint density at radius 3 is 2.14 bits per heavy atom. The van der Waals surface area contributed by atoms with Crippen molar-refractivity contribution in [3.63, 3.8) is 0 Å². The molecule has 0 radical (unpaired) electrons. The Kier molecular flexibility index (Phi) is 6.64. The van der Waals surface area contributed by atoms with E-state index in [-0.39, 0.29) is 23.2 Å². The van der Waals surface area contributed by atoms with Crippen LogP contribution >= 0.6 is 11.6 Å². The van der Waals surface area contributed by atoms with E-state index < -0.39 is 17.9 Å². The topological polar surface area (TPSA) is 63.7 Å². The van der Waals surface area contributed by atoms with Crippen molar-refractivity contribution in [3.05, 3.63) is 70.5 Å². The van der Waals surface area contributed by atoms with Crippen molar-refractivity contribution in [1.82, 2.24) is 4.90 Å². The summed E-state index contributed by atoms with van der Waals surface area (Å²) in [5, 5.41) is 0.562. The van der Waals surface area contributed by atoms with Crippen LogP contribution in [0.15, 0.2) is 48.5 Å². The Morgan fingerprint density at radius 1 is 1.00 bits per heavy atom. The van der Waals surface area contributed by atoms with Crippen molar-refractivity contribution < 1.29 is 23.5 Å². The predicted octanol–water partition coefficient (Wildman–Crippen LogP) is 4.15. The fourth-order valence-corrected chi connectivity index (χ4v) is 3.39. The number of carbonyl (C=O) groups is 3. The molecule has 1 heterocycles. The molecule has 0 unspecified atom stereocenters. The van der Waals surface area contributed by atoms with Gasteiger partial charge in [0.25, 0.3) is 5.91 Å². The van der Waals surface area contributed by atoms with Gasteiger partial charge in [-0.2, -0.15) is 0 Å². The number of amides is 1. The first-order valence-electron chi connectivity index (χ1n) is 9.40. The summed E-state index contributed by atoms with van der Waals surface area (Å²) in [7, 11) is 0. The largest absolute Gasteiger partial charge is 0.454 e. The van der Waals surface area contributed by atoms with Crippen molar-refractivity contribution in [1.29, 1.82) is 0 Å².